The number of likely N-dealkylation sites (tertiary alicyclic amines) is 1. The molecule has 1 unspecified atom stereocenters. The van der Waals surface area contributed by atoms with Crippen LogP contribution in [0.1, 0.15) is 29.6 Å². The van der Waals surface area contributed by atoms with E-state index in [-0.39, 0.29) is 0 Å². The SMILES string of the molecule is COc1ccc2[nH]c(CN3CCC(c4ncc(C)[nH]4)C3)cc2c1. The second-order valence-electron chi connectivity index (χ2n) is 6.42. The molecule has 23 heavy (non-hydrogen) atoms. The van der Waals surface area contributed by atoms with Gasteiger partial charge in [-0.1, -0.05) is 0 Å². The van der Waals surface area contributed by atoms with E-state index in [1.807, 2.05) is 12.3 Å². The molecule has 3 heterocycles. The van der Waals surface area contributed by atoms with Gasteiger partial charge in [-0.2, -0.15) is 0 Å². The summed E-state index contributed by atoms with van der Waals surface area (Å²) in [4.78, 5) is 13.9. The van der Waals surface area contributed by atoms with Crippen LogP contribution in [0.5, 0.6) is 5.75 Å². The largest absolute Gasteiger partial charge is 0.497 e. The van der Waals surface area contributed by atoms with Gasteiger partial charge in [-0.05, 0) is 44.2 Å². The number of aryl methyl sites for hydroxylation is 1. The number of fused-ring (bicyclic) bond motifs is 1. The van der Waals surface area contributed by atoms with Crippen molar-refractivity contribution in [2.45, 2.75) is 25.8 Å². The zero-order chi connectivity index (χ0) is 15.8. The molecule has 0 amide bonds. The van der Waals surface area contributed by atoms with Gasteiger partial charge in [-0.25, -0.2) is 4.98 Å². The zero-order valence-electron chi connectivity index (χ0n) is 13.6. The number of nitrogens with zero attached hydrogens (tertiary/aromatic N) is 2. The molecule has 1 aliphatic rings. The maximum absolute atomic E-state index is 5.30. The molecule has 5 nitrogen and oxygen atoms in total. The van der Waals surface area contributed by atoms with Crippen molar-refractivity contribution in [2.75, 3.05) is 20.2 Å². The van der Waals surface area contributed by atoms with Crippen molar-refractivity contribution in [3.63, 3.8) is 0 Å². The molecule has 120 valence electrons. The Morgan fingerprint density at radius 3 is 3.00 bits per heavy atom. The number of hydrogen-bond donors (Lipinski definition) is 2. The van der Waals surface area contributed by atoms with Gasteiger partial charge >= 0.3 is 0 Å². The summed E-state index contributed by atoms with van der Waals surface area (Å²) in [7, 11) is 1.70. The minimum Gasteiger partial charge on any atom is -0.497 e. The number of methoxy groups -OCH3 is 1. The van der Waals surface area contributed by atoms with E-state index in [0.29, 0.717) is 5.92 Å². The number of ether oxygens (including phenoxy) is 1. The van der Waals surface area contributed by atoms with Gasteiger partial charge < -0.3 is 14.7 Å². The van der Waals surface area contributed by atoms with Crippen molar-refractivity contribution in [1.82, 2.24) is 19.9 Å². The van der Waals surface area contributed by atoms with E-state index in [9.17, 15) is 0 Å². The third-order valence-corrected chi connectivity index (χ3v) is 4.66. The number of benzene rings is 1. The van der Waals surface area contributed by atoms with Gasteiger partial charge in [0.05, 0.1) is 7.11 Å². The van der Waals surface area contributed by atoms with Crippen LogP contribution in [0.3, 0.4) is 0 Å². The molecule has 4 rings (SSSR count). The molecule has 1 aliphatic heterocycles. The molecule has 1 atom stereocenters. The molecule has 5 heteroatoms. The Balaban J connectivity index is 1.46. The highest BCUT2D eigenvalue weighted by molar-refractivity contribution is 5.81. The predicted molar refractivity (Wildman–Crippen MR) is 90.8 cm³/mol. The molecule has 1 saturated heterocycles. The summed E-state index contributed by atoms with van der Waals surface area (Å²) in [5.41, 5.74) is 3.56. The smallest absolute Gasteiger partial charge is 0.119 e. The van der Waals surface area contributed by atoms with Crippen molar-refractivity contribution < 1.29 is 4.74 Å². The van der Waals surface area contributed by atoms with Gasteiger partial charge in [0.15, 0.2) is 0 Å². The van der Waals surface area contributed by atoms with Gasteiger partial charge in [-0.15, -0.1) is 0 Å². The third kappa shape index (κ3) is 2.84. The van der Waals surface area contributed by atoms with Crippen molar-refractivity contribution in [2.24, 2.45) is 0 Å². The Labute approximate surface area is 135 Å². The van der Waals surface area contributed by atoms with Gasteiger partial charge in [-0.3, -0.25) is 4.90 Å². The average Bonchev–Trinajstić information content (AvgIpc) is 3.25. The second kappa shape index (κ2) is 5.74. The molecular weight excluding hydrogens is 288 g/mol. The molecule has 3 aromatic rings. The first kappa shape index (κ1) is 14.3. The number of aromatic nitrogens is 3. The summed E-state index contributed by atoms with van der Waals surface area (Å²) in [5, 5.41) is 1.21. The van der Waals surface area contributed by atoms with Crippen LogP contribution in [0, 0.1) is 6.92 Å². The van der Waals surface area contributed by atoms with Crippen LogP contribution >= 0.6 is 0 Å². The summed E-state index contributed by atoms with van der Waals surface area (Å²) >= 11 is 0. The number of nitrogens with one attached hydrogen (secondary N) is 2. The first-order valence-corrected chi connectivity index (χ1v) is 8.11. The molecule has 2 N–H and O–H groups in total. The standard InChI is InChI=1S/C18H22N4O/c1-12-9-19-18(20-12)13-5-6-22(10-13)11-15-7-14-8-16(23-2)3-4-17(14)21-15/h3-4,7-9,13,21H,5-6,10-11H2,1-2H3,(H,19,20). The number of hydrogen-bond acceptors (Lipinski definition) is 3. The fraction of sp³-hybridized carbons (Fsp3) is 0.389. The highest BCUT2D eigenvalue weighted by Crippen LogP contribution is 2.27. The van der Waals surface area contributed by atoms with Crippen LogP contribution in [-0.4, -0.2) is 40.1 Å². The Morgan fingerprint density at radius 1 is 1.30 bits per heavy atom. The van der Waals surface area contributed by atoms with Crippen LogP contribution in [0.15, 0.2) is 30.5 Å². The van der Waals surface area contributed by atoms with Crippen LogP contribution in [0.2, 0.25) is 0 Å². The van der Waals surface area contributed by atoms with Gasteiger partial charge in [0, 0.05) is 47.5 Å². The summed E-state index contributed by atoms with van der Waals surface area (Å²) in [6.07, 6.45) is 3.09. The van der Waals surface area contributed by atoms with Crippen LogP contribution in [0.4, 0.5) is 0 Å². The fourth-order valence-electron chi connectivity index (χ4n) is 3.46. The average molecular weight is 310 g/mol. The van der Waals surface area contributed by atoms with E-state index in [2.05, 4.69) is 45.0 Å². The Bertz CT molecular complexity index is 819. The summed E-state index contributed by atoms with van der Waals surface area (Å²) < 4.78 is 5.30. The molecule has 1 fully saturated rings. The predicted octanol–water partition coefficient (Wildman–Crippen LogP) is 3.20. The Hall–Kier alpha value is -2.27. The number of imidazole rings is 1. The molecular formula is C18H22N4O. The van der Waals surface area contributed by atoms with E-state index in [4.69, 9.17) is 4.74 Å². The van der Waals surface area contributed by atoms with Crippen molar-refractivity contribution in [3.05, 3.63) is 47.7 Å². The van der Waals surface area contributed by atoms with Crippen LogP contribution in [-0.2, 0) is 6.54 Å². The molecule has 0 radical (unpaired) electrons. The topological polar surface area (TPSA) is 56.9 Å². The highest BCUT2D eigenvalue weighted by atomic mass is 16.5. The third-order valence-electron chi connectivity index (χ3n) is 4.66. The lowest BCUT2D eigenvalue weighted by molar-refractivity contribution is 0.322. The molecule has 2 aromatic heterocycles. The van der Waals surface area contributed by atoms with Gasteiger partial charge in [0.2, 0.25) is 0 Å². The summed E-state index contributed by atoms with van der Waals surface area (Å²) in [5.74, 6) is 2.55. The Kier molecular flexibility index (Phi) is 3.58. The van der Waals surface area contributed by atoms with Crippen molar-refractivity contribution in [1.29, 1.82) is 0 Å². The molecule has 0 bridgehead atoms. The lowest BCUT2D eigenvalue weighted by Gasteiger charge is -2.14. The second-order valence-corrected chi connectivity index (χ2v) is 6.42. The van der Waals surface area contributed by atoms with Crippen molar-refractivity contribution >= 4 is 10.9 Å². The first-order chi connectivity index (χ1) is 11.2. The monoisotopic (exact) mass is 310 g/mol. The Morgan fingerprint density at radius 2 is 2.22 bits per heavy atom. The lowest BCUT2D eigenvalue weighted by Crippen LogP contribution is -2.20. The zero-order valence-corrected chi connectivity index (χ0v) is 13.6. The minimum atomic E-state index is 0.521. The van der Waals surface area contributed by atoms with Gasteiger partial charge in [0.25, 0.3) is 0 Å². The number of aromatic amines is 2. The van der Waals surface area contributed by atoms with E-state index < -0.39 is 0 Å². The molecule has 0 aliphatic carbocycles. The minimum absolute atomic E-state index is 0.521. The van der Waals surface area contributed by atoms with E-state index in [0.717, 1.165) is 36.9 Å². The van der Waals surface area contributed by atoms with E-state index in [1.54, 1.807) is 7.11 Å². The number of rotatable bonds is 4. The van der Waals surface area contributed by atoms with E-state index >= 15 is 0 Å². The van der Waals surface area contributed by atoms with E-state index in [1.165, 1.54) is 23.0 Å². The maximum Gasteiger partial charge on any atom is 0.119 e. The molecule has 1 aromatic carbocycles. The number of H-pyrrole nitrogens is 2. The lowest BCUT2D eigenvalue weighted by atomic mass is 10.1. The maximum atomic E-state index is 5.30. The quantitative estimate of drug-likeness (QED) is 0.778. The van der Waals surface area contributed by atoms with Crippen LogP contribution in [0.25, 0.3) is 10.9 Å². The normalized spacial score (nSPS) is 18.8. The molecule has 0 spiro atoms. The van der Waals surface area contributed by atoms with Crippen molar-refractivity contribution in [3.8, 4) is 5.75 Å². The fourth-order valence-corrected chi connectivity index (χ4v) is 3.46. The molecule has 0 saturated carbocycles. The van der Waals surface area contributed by atoms with Crippen LogP contribution < -0.4 is 4.74 Å². The summed E-state index contributed by atoms with van der Waals surface area (Å²) in [6.45, 7) is 5.18. The highest BCUT2D eigenvalue weighted by Gasteiger charge is 2.26. The van der Waals surface area contributed by atoms with Gasteiger partial charge in [0.1, 0.15) is 11.6 Å². The summed E-state index contributed by atoms with van der Waals surface area (Å²) in [6, 6.07) is 8.37. The first-order valence-electron chi connectivity index (χ1n) is 8.11.